The van der Waals surface area contributed by atoms with Gasteiger partial charge in [-0.15, -0.1) is 0 Å². The van der Waals surface area contributed by atoms with Gasteiger partial charge in [0.1, 0.15) is 17.8 Å². The van der Waals surface area contributed by atoms with E-state index in [1.165, 1.54) is 17.1 Å². The third kappa shape index (κ3) is 3.67. The van der Waals surface area contributed by atoms with Crippen LogP contribution in [0.25, 0.3) is 11.5 Å². The number of furan rings is 1. The lowest BCUT2D eigenvalue weighted by atomic mass is 10.2. The molecule has 0 radical (unpaired) electrons. The molecule has 1 aliphatic rings. The van der Waals surface area contributed by atoms with Gasteiger partial charge in [-0.2, -0.15) is 5.10 Å². The zero-order chi connectivity index (χ0) is 16.9. The van der Waals surface area contributed by atoms with Crippen LogP contribution in [-0.2, 0) is 16.1 Å². The molecule has 0 atom stereocenters. The second-order valence-electron chi connectivity index (χ2n) is 5.84. The zero-order valence-electron chi connectivity index (χ0n) is 13.7. The van der Waals surface area contributed by atoms with E-state index in [1.807, 2.05) is 0 Å². The second kappa shape index (κ2) is 7.33. The summed E-state index contributed by atoms with van der Waals surface area (Å²) < 4.78 is 11.8. The molecule has 0 saturated heterocycles. The molecule has 0 aliphatic heterocycles. The smallest absolute Gasteiger partial charge is 0.342 e. The fraction of sp³-hybridized carbons (Fsp3) is 0.471. The Hall–Kier alpha value is -2.57. The normalized spacial score (nSPS) is 14.7. The zero-order valence-corrected chi connectivity index (χ0v) is 13.7. The van der Waals surface area contributed by atoms with Crippen molar-refractivity contribution in [1.82, 2.24) is 15.1 Å². The van der Waals surface area contributed by atoms with Crippen LogP contribution in [0.15, 0.2) is 29.0 Å². The third-order valence-corrected chi connectivity index (χ3v) is 4.04. The minimum Gasteiger partial charge on any atom is -0.463 e. The lowest BCUT2D eigenvalue weighted by molar-refractivity contribution is -0.122. The fourth-order valence-corrected chi connectivity index (χ4v) is 2.95. The molecule has 7 nitrogen and oxygen atoms in total. The van der Waals surface area contributed by atoms with Crippen LogP contribution in [0.3, 0.4) is 0 Å². The van der Waals surface area contributed by atoms with Gasteiger partial charge in [-0.05, 0) is 31.9 Å². The van der Waals surface area contributed by atoms with Crippen LogP contribution in [-0.4, -0.2) is 34.3 Å². The monoisotopic (exact) mass is 331 g/mol. The standard InChI is InChI=1S/C17H21N3O4/c1-2-23-17(22)13-10-20(19-16(13)14-8-5-9-24-14)11-15(21)18-12-6-3-4-7-12/h5,8-10,12H,2-4,6-7,11H2,1H3,(H,18,21). The van der Waals surface area contributed by atoms with Crippen LogP contribution in [0.4, 0.5) is 0 Å². The molecule has 1 aliphatic carbocycles. The maximum Gasteiger partial charge on any atom is 0.342 e. The van der Waals surface area contributed by atoms with Gasteiger partial charge in [0.2, 0.25) is 5.91 Å². The lowest BCUT2D eigenvalue weighted by Gasteiger charge is -2.11. The Morgan fingerprint density at radius 2 is 2.21 bits per heavy atom. The van der Waals surface area contributed by atoms with E-state index >= 15 is 0 Å². The first-order valence-electron chi connectivity index (χ1n) is 8.25. The third-order valence-electron chi connectivity index (χ3n) is 4.04. The van der Waals surface area contributed by atoms with Crippen molar-refractivity contribution in [3.8, 4) is 11.5 Å². The number of amides is 1. The molecule has 2 aromatic heterocycles. The Balaban J connectivity index is 1.77. The molecule has 2 aromatic rings. The number of hydrogen-bond donors (Lipinski definition) is 1. The quantitative estimate of drug-likeness (QED) is 0.821. The molecule has 1 amide bonds. The first-order valence-corrected chi connectivity index (χ1v) is 8.25. The van der Waals surface area contributed by atoms with Gasteiger partial charge in [-0.25, -0.2) is 4.79 Å². The number of hydrogen-bond acceptors (Lipinski definition) is 5. The summed E-state index contributed by atoms with van der Waals surface area (Å²) in [6.45, 7) is 2.07. The molecule has 7 heteroatoms. The van der Waals surface area contributed by atoms with Gasteiger partial charge in [-0.1, -0.05) is 12.8 Å². The molecule has 1 N–H and O–H groups in total. The highest BCUT2D eigenvalue weighted by molar-refractivity contribution is 5.95. The minimum atomic E-state index is -0.480. The van der Waals surface area contributed by atoms with E-state index in [-0.39, 0.29) is 25.1 Å². The van der Waals surface area contributed by atoms with E-state index < -0.39 is 5.97 Å². The van der Waals surface area contributed by atoms with Crippen LogP contribution in [0.2, 0.25) is 0 Å². The minimum absolute atomic E-state index is 0.0591. The highest BCUT2D eigenvalue weighted by atomic mass is 16.5. The van der Waals surface area contributed by atoms with Crippen molar-refractivity contribution in [2.24, 2.45) is 0 Å². The molecular weight excluding hydrogens is 310 g/mol. The Morgan fingerprint density at radius 1 is 1.42 bits per heavy atom. The van der Waals surface area contributed by atoms with Crippen molar-refractivity contribution in [3.05, 3.63) is 30.2 Å². The molecule has 2 heterocycles. The van der Waals surface area contributed by atoms with Gasteiger partial charge in [0.25, 0.3) is 0 Å². The summed E-state index contributed by atoms with van der Waals surface area (Å²) in [5.74, 6) is -0.120. The van der Waals surface area contributed by atoms with E-state index in [4.69, 9.17) is 9.15 Å². The van der Waals surface area contributed by atoms with Gasteiger partial charge in [0, 0.05) is 12.2 Å². The molecule has 0 aromatic carbocycles. The van der Waals surface area contributed by atoms with E-state index in [1.54, 1.807) is 19.1 Å². The predicted molar refractivity (Wildman–Crippen MR) is 86.3 cm³/mol. The molecule has 3 rings (SSSR count). The van der Waals surface area contributed by atoms with Gasteiger partial charge in [-0.3, -0.25) is 9.48 Å². The van der Waals surface area contributed by atoms with E-state index in [2.05, 4.69) is 10.4 Å². The molecule has 0 bridgehead atoms. The summed E-state index contributed by atoms with van der Waals surface area (Å²) in [6, 6.07) is 3.69. The lowest BCUT2D eigenvalue weighted by Crippen LogP contribution is -2.35. The highest BCUT2D eigenvalue weighted by Crippen LogP contribution is 2.23. The summed E-state index contributed by atoms with van der Waals surface area (Å²) in [4.78, 5) is 24.3. The number of aromatic nitrogens is 2. The molecular formula is C17H21N3O4. The van der Waals surface area contributed by atoms with Crippen molar-refractivity contribution >= 4 is 11.9 Å². The summed E-state index contributed by atoms with van der Waals surface area (Å²) in [5.41, 5.74) is 0.674. The average Bonchev–Trinajstić information content (AvgIpc) is 3.28. The van der Waals surface area contributed by atoms with Crippen LogP contribution in [0, 0.1) is 0 Å². The number of nitrogens with one attached hydrogen (secondary N) is 1. The first kappa shape index (κ1) is 16.3. The number of carbonyl (C=O) groups is 2. The number of nitrogens with zero attached hydrogens (tertiary/aromatic N) is 2. The highest BCUT2D eigenvalue weighted by Gasteiger charge is 2.22. The van der Waals surface area contributed by atoms with Gasteiger partial charge >= 0.3 is 5.97 Å². The molecule has 1 fully saturated rings. The van der Waals surface area contributed by atoms with Crippen molar-refractivity contribution in [3.63, 3.8) is 0 Å². The number of esters is 1. The Morgan fingerprint density at radius 3 is 2.88 bits per heavy atom. The Bertz CT molecular complexity index is 699. The summed E-state index contributed by atoms with van der Waals surface area (Å²) in [7, 11) is 0. The maximum atomic E-state index is 12.2. The van der Waals surface area contributed by atoms with E-state index in [0.29, 0.717) is 17.0 Å². The SMILES string of the molecule is CCOC(=O)c1cn(CC(=O)NC2CCCC2)nc1-c1ccco1. The molecule has 128 valence electrons. The van der Waals surface area contributed by atoms with Gasteiger partial charge in [0.05, 0.1) is 12.9 Å². The van der Waals surface area contributed by atoms with Crippen molar-refractivity contribution in [1.29, 1.82) is 0 Å². The van der Waals surface area contributed by atoms with E-state index in [9.17, 15) is 9.59 Å². The topological polar surface area (TPSA) is 86.4 Å². The largest absolute Gasteiger partial charge is 0.463 e. The number of carbonyl (C=O) groups excluding carboxylic acids is 2. The molecule has 24 heavy (non-hydrogen) atoms. The number of rotatable bonds is 6. The number of ether oxygens (including phenoxy) is 1. The first-order chi connectivity index (χ1) is 11.7. The Labute approximate surface area is 140 Å². The summed E-state index contributed by atoms with van der Waals surface area (Å²) in [5, 5.41) is 7.34. The maximum absolute atomic E-state index is 12.2. The predicted octanol–water partition coefficient (Wildman–Crippen LogP) is 2.38. The molecule has 0 spiro atoms. The van der Waals surface area contributed by atoms with Crippen molar-refractivity contribution < 1.29 is 18.7 Å². The average molecular weight is 331 g/mol. The Kier molecular flexibility index (Phi) is 4.98. The van der Waals surface area contributed by atoms with Crippen LogP contribution >= 0.6 is 0 Å². The fourth-order valence-electron chi connectivity index (χ4n) is 2.95. The van der Waals surface area contributed by atoms with Crippen LogP contribution < -0.4 is 5.32 Å². The molecule has 1 saturated carbocycles. The summed E-state index contributed by atoms with van der Waals surface area (Å²) in [6.07, 6.45) is 7.40. The molecule has 0 unspecified atom stereocenters. The van der Waals surface area contributed by atoms with Gasteiger partial charge in [0.15, 0.2) is 5.76 Å². The van der Waals surface area contributed by atoms with Gasteiger partial charge < -0.3 is 14.5 Å². The van der Waals surface area contributed by atoms with E-state index in [0.717, 1.165) is 25.7 Å². The second-order valence-corrected chi connectivity index (χ2v) is 5.84. The van der Waals surface area contributed by atoms with Crippen molar-refractivity contribution in [2.75, 3.05) is 6.61 Å². The van der Waals surface area contributed by atoms with Crippen LogP contribution in [0.1, 0.15) is 43.0 Å². The van der Waals surface area contributed by atoms with Crippen molar-refractivity contribution in [2.45, 2.75) is 45.2 Å². The van der Waals surface area contributed by atoms with Crippen LogP contribution in [0.5, 0.6) is 0 Å². The summed E-state index contributed by atoms with van der Waals surface area (Å²) >= 11 is 0.